The highest BCUT2D eigenvalue weighted by atomic mass is 32.1. The summed E-state index contributed by atoms with van der Waals surface area (Å²) in [4.78, 5) is 42.7. The Labute approximate surface area is 193 Å². The van der Waals surface area contributed by atoms with Crippen molar-refractivity contribution in [3.8, 4) is 5.75 Å². The zero-order chi connectivity index (χ0) is 23.5. The Kier molecular flexibility index (Phi) is 6.37. The third-order valence-electron chi connectivity index (χ3n) is 5.07. The molecule has 0 saturated heterocycles. The highest BCUT2D eigenvalue weighted by molar-refractivity contribution is 7.07. The van der Waals surface area contributed by atoms with Crippen LogP contribution in [0.2, 0.25) is 0 Å². The normalized spacial score (nSPS) is 15.6. The number of hydrogen-bond acceptors (Lipinski definition) is 7. The standard InChI is InChI=1S/C25H22N2O5S/c1-4-31-24(30)21-15(2)26-25-27(22(21)18-10-12-19(13-11-18)32-16(3)28)23(29)20(33-25)14-17-8-6-5-7-9-17/h5-14,22H,4H2,1-3H3/b20-14-. The third-order valence-corrected chi connectivity index (χ3v) is 6.05. The number of thiazole rings is 1. The van der Waals surface area contributed by atoms with Crippen molar-refractivity contribution in [2.24, 2.45) is 4.99 Å². The lowest BCUT2D eigenvalue weighted by Gasteiger charge is -2.24. The number of hydrogen-bond donors (Lipinski definition) is 0. The van der Waals surface area contributed by atoms with Crippen molar-refractivity contribution >= 4 is 29.4 Å². The van der Waals surface area contributed by atoms with E-state index in [0.29, 0.717) is 31.9 Å². The maximum Gasteiger partial charge on any atom is 0.338 e. The number of nitrogens with zero attached hydrogens (tertiary/aromatic N) is 2. The minimum absolute atomic E-state index is 0.201. The van der Waals surface area contributed by atoms with Gasteiger partial charge in [-0.05, 0) is 43.2 Å². The van der Waals surface area contributed by atoms with Crippen molar-refractivity contribution in [3.05, 3.63) is 96.7 Å². The molecule has 33 heavy (non-hydrogen) atoms. The van der Waals surface area contributed by atoms with E-state index in [4.69, 9.17) is 9.47 Å². The third kappa shape index (κ3) is 4.56. The van der Waals surface area contributed by atoms with Gasteiger partial charge >= 0.3 is 11.9 Å². The first kappa shape index (κ1) is 22.4. The van der Waals surface area contributed by atoms with E-state index in [1.54, 1.807) is 38.1 Å². The summed E-state index contributed by atoms with van der Waals surface area (Å²) < 4.78 is 12.5. The van der Waals surface area contributed by atoms with Gasteiger partial charge in [-0.1, -0.05) is 53.8 Å². The first-order valence-electron chi connectivity index (χ1n) is 10.4. The number of carbonyl (C=O) groups excluding carboxylic acids is 2. The highest BCUT2D eigenvalue weighted by Gasteiger charge is 2.33. The lowest BCUT2D eigenvalue weighted by atomic mass is 9.96. The fourth-order valence-corrected chi connectivity index (χ4v) is 4.74. The van der Waals surface area contributed by atoms with E-state index in [2.05, 4.69) is 4.99 Å². The second-order valence-corrected chi connectivity index (χ2v) is 8.38. The summed E-state index contributed by atoms with van der Waals surface area (Å²) in [6, 6.07) is 15.6. The summed E-state index contributed by atoms with van der Waals surface area (Å²) in [5, 5.41) is 0. The van der Waals surface area contributed by atoms with Crippen LogP contribution in [-0.2, 0) is 14.3 Å². The quantitative estimate of drug-likeness (QED) is 0.430. The van der Waals surface area contributed by atoms with Crippen LogP contribution in [0.3, 0.4) is 0 Å². The lowest BCUT2D eigenvalue weighted by Crippen LogP contribution is -2.39. The molecule has 7 nitrogen and oxygen atoms in total. The molecule has 0 saturated carbocycles. The van der Waals surface area contributed by atoms with E-state index in [-0.39, 0.29) is 12.2 Å². The van der Waals surface area contributed by atoms with Crippen LogP contribution in [0.25, 0.3) is 6.08 Å². The minimum Gasteiger partial charge on any atom is -0.463 e. The number of carbonyl (C=O) groups is 2. The molecule has 168 valence electrons. The molecule has 0 aliphatic carbocycles. The average molecular weight is 463 g/mol. The van der Waals surface area contributed by atoms with E-state index in [9.17, 15) is 14.4 Å². The van der Waals surface area contributed by atoms with E-state index in [1.807, 2.05) is 36.4 Å². The molecule has 2 aromatic carbocycles. The SMILES string of the molecule is CCOC(=O)C1=C(C)N=c2s/c(=C\c3ccccc3)c(=O)n2C1c1ccc(OC(C)=O)cc1. The summed E-state index contributed by atoms with van der Waals surface area (Å²) in [5.74, 6) is -0.578. The van der Waals surface area contributed by atoms with Crippen LogP contribution in [0, 0.1) is 0 Å². The number of aromatic nitrogens is 1. The van der Waals surface area contributed by atoms with Gasteiger partial charge in [0.05, 0.1) is 28.5 Å². The second-order valence-electron chi connectivity index (χ2n) is 7.38. The number of fused-ring (bicyclic) bond motifs is 1. The Morgan fingerprint density at radius 3 is 2.45 bits per heavy atom. The van der Waals surface area contributed by atoms with Gasteiger partial charge in [0.2, 0.25) is 0 Å². The van der Waals surface area contributed by atoms with Crippen molar-refractivity contribution in [3.63, 3.8) is 0 Å². The van der Waals surface area contributed by atoms with Crippen molar-refractivity contribution in [2.45, 2.75) is 26.8 Å². The molecule has 0 bridgehead atoms. The van der Waals surface area contributed by atoms with E-state index in [0.717, 1.165) is 5.56 Å². The van der Waals surface area contributed by atoms with E-state index in [1.165, 1.54) is 22.8 Å². The molecule has 1 atom stereocenters. The van der Waals surface area contributed by atoms with Crippen molar-refractivity contribution in [2.75, 3.05) is 6.61 Å². The van der Waals surface area contributed by atoms with E-state index >= 15 is 0 Å². The van der Waals surface area contributed by atoms with Gasteiger partial charge in [-0.25, -0.2) is 9.79 Å². The van der Waals surface area contributed by atoms with Crippen molar-refractivity contribution in [1.82, 2.24) is 4.57 Å². The topological polar surface area (TPSA) is 87.0 Å². The fraction of sp³-hybridized carbons (Fsp3) is 0.200. The molecule has 1 aromatic heterocycles. The predicted octanol–water partition coefficient (Wildman–Crippen LogP) is 2.72. The Morgan fingerprint density at radius 2 is 1.82 bits per heavy atom. The summed E-state index contributed by atoms with van der Waals surface area (Å²) in [5.41, 5.74) is 2.12. The monoisotopic (exact) mass is 462 g/mol. The molecule has 8 heteroatoms. The van der Waals surface area contributed by atoms with Gasteiger partial charge < -0.3 is 9.47 Å². The van der Waals surface area contributed by atoms with Gasteiger partial charge in [-0.15, -0.1) is 0 Å². The smallest absolute Gasteiger partial charge is 0.338 e. The molecule has 1 unspecified atom stereocenters. The lowest BCUT2D eigenvalue weighted by molar-refractivity contribution is -0.139. The molecular formula is C25H22N2O5S. The molecule has 0 N–H and O–H groups in total. The molecule has 0 radical (unpaired) electrons. The molecular weight excluding hydrogens is 440 g/mol. The number of esters is 2. The van der Waals surface area contributed by atoms with Crippen LogP contribution in [0.5, 0.6) is 5.75 Å². The van der Waals surface area contributed by atoms with Gasteiger partial charge in [0.1, 0.15) is 5.75 Å². The maximum atomic E-state index is 13.5. The van der Waals surface area contributed by atoms with Crippen LogP contribution < -0.4 is 19.6 Å². The van der Waals surface area contributed by atoms with Crippen molar-refractivity contribution in [1.29, 1.82) is 0 Å². The molecule has 4 rings (SSSR count). The average Bonchev–Trinajstić information content (AvgIpc) is 3.08. The molecule has 0 amide bonds. The highest BCUT2D eigenvalue weighted by Crippen LogP contribution is 2.31. The van der Waals surface area contributed by atoms with Crippen LogP contribution in [0.15, 0.2) is 75.7 Å². The Bertz CT molecular complexity index is 1420. The molecule has 1 aliphatic rings. The van der Waals surface area contributed by atoms with E-state index < -0.39 is 18.0 Å². The Morgan fingerprint density at radius 1 is 1.12 bits per heavy atom. The van der Waals surface area contributed by atoms with Crippen LogP contribution in [-0.4, -0.2) is 23.1 Å². The van der Waals surface area contributed by atoms with Gasteiger partial charge in [0.25, 0.3) is 5.56 Å². The molecule has 2 heterocycles. The van der Waals surface area contributed by atoms with Crippen LogP contribution in [0.4, 0.5) is 0 Å². The molecule has 3 aromatic rings. The Balaban J connectivity index is 1.90. The largest absolute Gasteiger partial charge is 0.463 e. The minimum atomic E-state index is -0.718. The molecule has 0 spiro atoms. The first-order chi connectivity index (χ1) is 15.9. The number of benzene rings is 2. The van der Waals surface area contributed by atoms with Crippen LogP contribution in [0.1, 0.15) is 37.9 Å². The summed E-state index contributed by atoms with van der Waals surface area (Å²) in [7, 11) is 0. The number of allylic oxidation sites excluding steroid dienone is 1. The summed E-state index contributed by atoms with van der Waals surface area (Å²) in [6.07, 6.45) is 1.81. The van der Waals surface area contributed by atoms with Gasteiger partial charge in [0.15, 0.2) is 4.80 Å². The van der Waals surface area contributed by atoms with Gasteiger partial charge in [-0.2, -0.15) is 0 Å². The maximum absolute atomic E-state index is 13.5. The zero-order valence-electron chi connectivity index (χ0n) is 18.4. The Hall–Kier alpha value is -3.78. The number of ether oxygens (including phenoxy) is 2. The predicted molar refractivity (Wildman–Crippen MR) is 125 cm³/mol. The zero-order valence-corrected chi connectivity index (χ0v) is 19.2. The molecule has 1 aliphatic heterocycles. The van der Waals surface area contributed by atoms with Gasteiger partial charge in [0, 0.05) is 6.92 Å². The van der Waals surface area contributed by atoms with Crippen molar-refractivity contribution < 1.29 is 19.1 Å². The summed E-state index contributed by atoms with van der Waals surface area (Å²) >= 11 is 1.27. The number of rotatable bonds is 5. The van der Waals surface area contributed by atoms with Gasteiger partial charge in [-0.3, -0.25) is 14.2 Å². The fourth-order valence-electron chi connectivity index (χ4n) is 3.69. The van der Waals surface area contributed by atoms with Crippen LogP contribution >= 0.6 is 11.3 Å². The molecule has 0 fully saturated rings. The summed E-state index contributed by atoms with van der Waals surface area (Å²) in [6.45, 7) is 4.99. The first-order valence-corrected chi connectivity index (χ1v) is 11.2. The second kappa shape index (κ2) is 9.38.